The number of ether oxygens (including phenoxy) is 1. The van der Waals surface area contributed by atoms with Crippen molar-refractivity contribution in [3.8, 4) is 0 Å². The Morgan fingerprint density at radius 3 is 2.61 bits per heavy atom. The number of rotatable bonds is 5. The molecule has 0 radical (unpaired) electrons. The third-order valence-electron chi connectivity index (χ3n) is 4.41. The van der Waals surface area contributed by atoms with E-state index in [-0.39, 0.29) is 0 Å². The van der Waals surface area contributed by atoms with Gasteiger partial charge in [-0.2, -0.15) is 0 Å². The summed E-state index contributed by atoms with van der Waals surface area (Å²) in [6.07, 6.45) is 5.02. The van der Waals surface area contributed by atoms with Gasteiger partial charge in [0, 0.05) is 51.4 Å². The van der Waals surface area contributed by atoms with E-state index in [1.165, 1.54) is 51.9 Å². The Morgan fingerprint density at radius 2 is 2.06 bits per heavy atom. The molecule has 2 fully saturated rings. The highest BCUT2D eigenvalue weighted by Gasteiger charge is 2.27. The average Bonchev–Trinajstić information content (AvgIpc) is 2.46. The highest BCUT2D eigenvalue weighted by atomic mass is 16.5. The van der Waals surface area contributed by atoms with E-state index in [1.807, 2.05) is 0 Å². The third-order valence-corrected chi connectivity index (χ3v) is 4.41. The molecule has 0 aromatic heterocycles. The van der Waals surface area contributed by atoms with Crippen molar-refractivity contribution in [3.63, 3.8) is 0 Å². The molecule has 106 valence electrons. The molecule has 2 aliphatic rings. The molecule has 2 unspecified atom stereocenters. The Hall–Kier alpha value is -0.160. The van der Waals surface area contributed by atoms with E-state index in [2.05, 4.69) is 16.7 Å². The summed E-state index contributed by atoms with van der Waals surface area (Å²) in [6.45, 7) is 9.69. The Bertz CT molecular complexity index is 210. The SMILES string of the molecule is CCCC(CN)N1CCN(C2CCCOC2)CC1. The first-order chi connectivity index (χ1) is 8.85. The van der Waals surface area contributed by atoms with Crippen LogP contribution in [0.2, 0.25) is 0 Å². The van der Waals surface area contributed by atoms with Gasteiger partial charge < -0.3 is 10.5 Å². The predicted molar refractivity (Wildman–Crippen MR) is 74.7 cm³/mol. The van der Waals surface area contributed by atoms with Gasteiger partial charge in [0.05, 0.1) is 6.61 Å². The molecule has 2 heterocycles. The number of piperazine rings is 1. The smallest absolute Gasteiger partial charge is 0.0621 e. The topological polar surface area (TPSA) is 41.7 Å². The average molecular weight is 255 g/mol. The molecule has 2 aliphatic heterocycles. The molecule has 18 heavy (non-hydrogen) atoms. The van der Waals surface area contributed by atoms with Crippen molar-refractivity contribution in [2.75, 3.05) is 45.9 Å². The van der Waals surface area contributed by atoms with E-state index in [9.17, 15) is 0 Å². The van der Waals surface area contributed by atoms with E-state index in [0.717, 1.165) is 19.8 Å². The van der Waals surface area contributed by atoms with Crippen molar-refractivity contribution in [2.45, 2.75) is 44.7 Å². The largest absolute Gasteiger partial charge is 0.380 e. The van der Waals surface area contributed by atoms with Gasteiger partial charge in [0.2, 0.25) is 0 Å². The quantitative estimate of drug-likeness (QED) is 0.793. The van der Waals surface area contributed by atoms with Crippen LogP contribution in [-0.2, 0) is 4.74 Å². The summed E-state index contributed by atoms with van der Waals surface area (Å²) in [5.41, 5.74) is 5.89. The van der Waals surface area contributed by atoms with E-state index >= 15 is 0 Å². The molecule has 0 aromatic carbocycles. The summed E-state index contributed by atoms with van der Waals surface area (Å²) in [7, 11) is 0. The van der Waals surface area contributed by atoms with Crippen molar-refractivity contribution < 1.29 is 4.74 Å². The van der Waals surface area contributed by atoms with E-state index in [1.54, 1.807) is 0 Å². The summed E-state index contributed by atoms with van der Waals surface area (Å²) in [6, 6.07) is 1.27. The number of hydrogen-bond donors (Lipinski definition) is 1. The Balaban J connectivity index is 1.76. The standard InChI is InChI=1S/C14H29N3O/c1-2-4-13(11-15)16-6-8-17(9-7-16)14-5-3-10-18-12-14/h13-14H,2-12,15H2,1H3. The molecular weight excluding hydrogens is 226 g/mol. The van der Waals surface area contributed by atoms with Crippen molar-refractivity contribution in [1.82, 2.24) is 9.80 Å². The Morgan fingerprint density at radius 1 is 1.28 bits per heavy atom. The fourth-order valence-electron chi connectivity index (χ4n) is 3.26. The first kappa shape index (κ1) is 14.3. The lowest BCUT2D eigenvalue weighted by Crippen LogP contribution is -2.55. The van der Waals surface area contributed by atoms with Gasteiger partial charge in [-0.05, 0) is 19.3 Å². The van der Waals surface area contributed by atoms with Crippen LogP contribution >= 0.6 is 0 Å². The third kappa shape index (κ3) is 3.67. The zero-order chi connectivity index (χ0) is 12.8. The van der Waals surface area contributed by atoms with Crippen LogP contribution in [0.4, 0.5) is 0 Å². The molecule has 4 nitrogen and oxygen atoms in total. The molecule has 4 heteroatoms. The Labute approximate surface area is 111 Å². The maximum atomic E-state index is 5.89. The number of hydrogen-bond acceptors (Lipinski definition) is 4. The molecule has 2 atom stereocenters. The Kier molecular flexibility index (Phi) is 5.89. The van der Waals surface area contributed by atoms with E-state index in [4.69, 9.17) is 10.5 Å². The van der Waals surface area contributed by atoms with Crippen LogP contribution in [0, 0.1) is 0 Å². The molecule has 0 aliphatic carbocycles. The summed E-state index contributed by atoms with van der Waals surface area (Å²) < 4.78 is 5.59. The second-order valence-corrected chi connectivity index (χ2v) is 5.62. The van der Waals surface area contributed by atoms with E-state index in [0.29, 0.717) is 12.1 Å². The van der Waals surface area contributed by atoms with Crippen LogP contribution in [0.5, 0.6) is 0 Å². The highest BCUT2D eigenvalue weighted by Crippen LogP contribution is 2.17. The van der Waals surface area contributed by atoms with Gasteiger partial charge in [-0.3, -0.25) is 9.80 Å². The maximum absolute atomic E-state index is 5.89. The minimum atomic E-state index is 0.597. The van der Waals surface area contributed by atoms with Gasteiger partial charge >= 0.3 is 0 Å². The minimum absolute atomic E-state index is 0.597. The van der Waals surface area contributed by atoms with Crippen LogP contribution in [0.1, 0.15) is 32.6 Å². The van der Waals surface area contributed by atoms with Crippen LogP contribution in [0.25, 0.3) is 0 Å². The minimum Gasteiger partial charge on any atom is -0.380 e. The lowest BCUT2D eigenvalue weighted by Gasteiger charge is -2.43. The molecule has 0 amide bonds. The maximum Gasteiger partial charge on any atom is 0.0621 e. The van der Waals surface area contributed by atoms with Crippen molar-refractivity contribution >= 4 is 0 Å². The number of nitrogens with two attached hydrogens (primary N) is 1. The molecule has 0 saturated carbocycles. The zero-order valence-electron chi connectivity index (χ0n) is 11.8. The molecule has 0 bridgehead atoms. The molecule has 0 aromatic rings. The van der Waals surface area contributed by atoms with Gasteiger partial charge in [-0.25, -0.2) is 0 Å². The summed E-state index contributed by atoms with van der Waals surface area (Å²) in [5, 5.41) is 0. The van der Waals surface area contributed by atoms with Crippen molar-refractivity contribution in [2.24, 2.45) is 5.73 Å². The van der Waals surface area contributed by atoms with Gasteiger partial charge in [-0.15, -0.1) is 0 Å². The molecule has 2 rings (SSSR count). The molecule has 2 saturated heterocycles. The summed E-state index contributed by atoms with van der Waals surface area (Å²) >= 11 is 0. The molecule has 2 N–H and O–H groups in total. The van der Waals surface area contributed by atoms with Crippen LogP contribution < -0.4 is 5.73 Å². The van der Waals surface area contributed by atoms with Crippen molar-refractivity contribution in [3.05, 3.63) is 0 Å². The lowest BCUT2D eigenvalue weighted by atomic mass is 10.1. The van der Waals surface area contributed by atoms with Crippen LogP contribution in [0.15, 0.2) is 0 Å². The second-order valence-electron chi connectivity index (χ2n) is 5.62. The van der Waals surface area contributed by atoms with Gasteiger partial charge in [-0.1, -0.05) is 13.3 Å². The highest BCUT2D eigenvalue weighted by molar-refractivity contribution is 4.83. The first-order valence-corrected chi connectivity index (χ1v) is 7.61. The van der Waals surface area contributed by atoms with E-state index < -0.39 is 0 Å². The summed E-state index contributed by atoms with van der Waals surface area (Å²) in [4.78, 5) is 5.21. The summed E-state index contributed by atoms with van der Waals surface area (Å²) in [5.74, 6) is 0. The second kappa shape index (κ2) is 7.43. The fraction of sp³-hybridized carbons (Fsp3) is 1.00. The normalized spacial score (nSPS) is 29.3. The first-order valence-electron chi connectivity index (χ1n) is 7.61. The zero-order valence-corrected chi connectivity index (χ0v) is 11.8. The monoisotopic (exact) mass is 255 g/mol. The van der Waals surface area contributed by atoms with Crippen molar-refractivity contribution in [1.29, 1.82) is 0 Å². The number of nitrogens with zero attached hydrogens (tertiary/aromatic N) is 2. The van der Waals surface area contributed by atoms with Gasteiger partial charge in [0.25, 0.3) is 0 Å². The van der Waals surface area contributed by atoms with Gasteiger partial charge in [0.15, 0.2) is 0 Å². The van der Waals surface area contributed by atoms with Crippen LogP contribution in [0.3, 0.4) is 0 Å². The molecule has 0 spiro atoms. The fourth-order valence-corrected chi connectivity index (χ4v) is 3.26. The lowest BCUT2D eigenvalue weighted by molar-refractivity contribution is -0.00799. The molecular formula is C14H29N3O. The van der Waals surface area contributed by atoms with Crippen LogP contribution in [-0.4, -0.2) is 67.8 Å². The van der Waals surface area contributed by atoms with Gasteiger partial charge in [0.1, 0.15) is 0 Å². The predicted octanol–water partition coefficient (Wildman–Crippen LogP) is 0.910.